The van der Waals surface area contributed by atoms with Crippen LogP contribution in [0, 0.1) is 5.41 Å². The summed E-state index contributed by atoms with van der Waals surface area (Å²) in [4.78, 5) is 22.4. The Hall–Kier alpha value is -1.06. The van der Waals surface area contributed by atoms with Gasteiger partial charge in [-0.15, -0.1) is 0 Å². The largest absolute Gasteiger partial charge is 0.480 e. The van der Waals surface area contributed by atoms with Gasteiger partial charge in [0.15, 0.2) is 0 Å². The van der Waals surface area contributed by atoms with Gasteiger partial charge in [-0.2, -0.15) is 0 Å². The van der Waals surface area contributed by atoms with Gasteiger partial charge in [0.05, 0.1) is 5.41 Å². The van der Waals surface area contributed by atoms with Gasteiger partial charge in [-0.05, 0) is 19.3 Å². The highest BCUT2D eigenvalue weighted by Gasteiger charge is 2.48. The maximum atomic E-state index is 11.7. The molecule has 78 valence electrons. The Morgan fingerprint density at radius 2 is 2.00 bits per heavy atom. The Morgan fingerprint density at radius 3 is 2.50 bits per heavy atom. The van der Waals surface area contributed by atoms with Crippen molar-refractivity contribution in [2.45, 2.75) is 44.6 Å². The zero-order valence-corrected chi connectivity index (χ0v) is 8.08. The topological polar surface area (TPSA) is 66.4 Å². The van der Waals surface area contributed by atoms with Gasteiger partial charge >= 0.3 is 5.97 Å². The van der Waals surface area contributed by atoms with Crippen molar-refractivity contribution >= 4 is 11.9 Å². The fraction of sp³-hybridized carbons (Fsp3) is 0.800. The van der Waals surface area contributed by atoms with Gasteiger partial charge in [0, 0.05) is 0 Å². The van der Waals surface area contributed by atoms with Crippen LogP contribution in [0.4, 0.5) is 0 Å². The lowest BCUT2D eigenvalue weighted by atomic mass is 9.72. The summed E-state index contributed by atoms with van der Waals surface area (Å²) in [7, 11) is 0. The minimum Gasteiger partial charge on any atom is -0.480 e. The molecule has 0 bridgehead atoms. The molecule has 2 N–H and O–H groups in total. The molecule has 1 heterocycles. The molecular formula is C10H15NO3. The van der Waals surface area contributed by atoms with Crippen molar-refractivity contribution < 1.29 is 14.7 Å². The van der Waals surface area contributed by atoms with Crippen LogP contribution in [0.1, 0.15) is 38.5 Å². The number of carboxylic acid groups (broad SMARTS) is 1. The van der Waals surface area contributed by atoms with E-state index in [4.69, 9.17) is 5.11 Å². The van der Waals surface area contributed by atoms with E-state index in [0.29, 0.717) is 6.42 Å². The summed E-state index contributed by atoms with van der Waals surface area (Å²) in [6.45, 7) is 0. The average Bonchev–Trinajstić information content (AvgIpc) is 2.46. The second-order valence-corrected chi connectivity index (χ2v) is 4.41. The number of amides is 1. The normalized spacial score (nSPS) is 30.3. The van der Waals surface area contributed by atoms with Crippen molar-refractivity contribution in [2.24, 2.45) is 5.41 Å². The van der Waals surface area contributed by atoms with Crippen LogP contribution in [0.15, 0.2) is 0 Å². The number of rotatable bonds is 1. The Labute approximate surface area is 82.7 Å². The Bertz CT molecular complexity index is 269. The van der Waals surface area contributed by atoms with Crippen molar-refractivity contribution in [1.29, 1.82) is 0 Å². The van der Waals surface area contributed by atoms with Gasteiger partial charge < -0.3 is 10.4 Å². The lowest BCUT2D eigenvalue weighted by Crippen LogP contribution is -2.35. The highest BCUT2D eigenvalue weighted by molar-refractivity contribution is 5.91. The number of carboxylic acids is 1. The summed E-state index contributed by atoms with van der Waals surface area (Å²) in [6.07, 6.45) is 5.50. The van der Waals surface area contributed by atoms with Crippen LogP contribution in [-0.4, -0.2) is 23.0 Å². The molecule has 4 nitrogen and oxygen atoms in total. The molecule has 1 spiro atoms. The summed E-state index contributed by atoms with van der Waals surface area (Å²) in [5.41, 5.74) is -0.346. The van der Waals surface area contributed by atoms with Crippen LogP contribution in [0.25, 0.3) is 0 Å². The Kier molecular flexibility index (Phi) is 2.21. The number of hydrogen-bond acceptors (Lipinski definition) is 2. The van der Waals surface area contributed by atoms with Gasteiger partial charge in [-0.1, -0.05) is 19.3 Å². The molecule has 0 unspecified atom stereocenters. The first-order valence-electron chi connectivity index (χ1n) is 5.18. The molecule has 14 heavy (non-hydrogen) atoms. The summed E-state index contributed by atoms with van der Waals surface area (Å²) in [5.74, 6) is -0.939. The van der Waals surface area contributed by atoms with Gasteiger partial charge in [0.25, 0.3) is 0 Å². The molecule has 2 aliphatic rings. The monoisotopic (exact) mass is 197 g/mol. The van der Waals surface area contributed by atoms with E-state index in [-0.39, 0.29) is 11.3 Å². The van der Waals surface area contributed by atoms with E-state index in [2.05, 4.69) is 5.32 Å². The standard InChI is InChI=1S/C10H15NO3/c12-8(13)7-6-10(9(14)11-7)4-2-1-3-5-10/h7H,1-6H2,(H,11,14)(H,12,13)/t7-/m0/s1. The predicted octanol–water partition coefficient (Wildman–Crippen LogP) is 0.910. The molecule has 0 radical (unpaired) electrons. The molecule has 1 saturated carbocycles. The SMILES string of the molecule is O=C(O)[C@@H]1CC2(CCCCC2)C(=O)N1. The molecule has 1 aliphatic carbocycles. The number of aliphatic carboxylic acids is 1. The first-order valence-corrected chi connectivity index (χ1v) is 5.18. The van der Waals surface area contributed by atoms with E-state index in [1.807, 2.05) is 0 Å². The van der Waals surface area contributed by atoms with E-state index < -0.39 is 12.0 Å². The van der Waals surface area contributed by atoms with E-state index in [1.54, 1.807) is 0 Å². The van der Waals surface area contributed by atoms with Crippen molar-refractivity contribution in [2.75, 3.05) is 0 Å². The van der Waals surface area contributed by atoms with Crippen molar-refractivity contribution in [3.63, 3.8) is 0 Å². The Balaban J connectivity index is 2.13. The molecule has 4 heteroatoms. The fourth-order valence-corrected chi connectivity index (χ4v) is 2.65. The minimum absolute atomic E-state index is 0.0374. The van der Waals surface area contributed by atoms with Gasteiger partial charge in [0.1, 0.15) is 6.04 Å². The number of hydrogen-bond donors (Lipinski definition) is 2. The van der Waals surface area contributed by atoms with Crippen molar-refractivity contribution in [3.05, 3.63) is 0 Å². The minimum atomic E-state index is -0.902. The summed E-state index contributed by atoms with van der Waals surface area (Å²) < 4.78 is 0. The van der Waals surface area contributed by atoms with Crippen molar-refractivity contribution in [3.8, 4) is 0 Å². The average molecular weight is 197 g/mol. The van der Waals surface area contributed by atoms with Gasteiger partial charge in [-0.3, -0.25) is 4.79 Å². The van der Waals surface area contributed by atoms with Crippen LogP contribution >= 0.6 is 0 Å². The molecule has 2 fully saturated rings. The summed E-state index contributed by atoms with van der Waals surface area (Å²) >= 11 is 0. The van der Waals surface area contributed by atoms with Crippen LogP contribution in [0.2, 0.25) is 0 Å². The van der Waals surface area contributed by atoms with E-state index in [1.165, 1.54) is 6.42 Å². The lowest BCUT2D eigenvalue weighted by molar-refractivity contribution is -0.140. The quantitative estimate of drug-likeness (QED) is 0.656. The molecule has 1 aliphatic heterocycles. The van der Waals surface area contributed by atoms with Crippen LogP contribution in [0.5, 0.6) is 0 Å². The third-order valence-electron chi connectivity index (χ3n) is 3.49. The van der Waals surface area contributed by atoms with Gasteiger partial charge in [0.2, 0.25) is 5.91 Å². The van der Waals surface area contributed by atoms with Crippen LogP contribution in [-0.2, 0) is 9.59 Å². The molecule has 1 atom stereocenters. The van der Waals surface area contributed by atoms with Gasteiger partial charge in [-0.25, -0.2) is 4.79 Å². The second-order valence-electron chi connectivity index (χ2n) is 4.41. The molecular weight excluding hydrogens is 182 g/mol. The molecule has 1 saturated heterocycles. The zero-order chi connectivity index (χ0) is 10.2. The summed E-state index contributed by atoms with van der Waals surface area (Å²) in [6, 6.07) is -0.652. The van der Waals surface area contributed by atoms with Crippen LogP contribution < -0.4 is 5.32 Å². The highest BCUT2D eigenvalue weighted by Crippen LogP contribution is 2.43. The molecule has 0 aromatic heterocycles. The number of nitrogens with one attached hydrogen (secondary N) is 1. The lowest BCUT2D eigenvalue weighted by Gasteiger charge is -2.30. The number of carbonyl (C=O) groups is 2. The third-order valence-corrected chi connectivity index (χ3v) is 3.49. The highest BCUT2D eigenvalue weighted by atomic mass is 16.4. The second kappa shape index (κ2) is 3.26. The summed E-state index contributed by atoms with van der Waals surface area (Å²) in [5, 5.41) is 11.4. The molecule has 0 aromatic carbocycles. The fourth-order valence-electron chi connectivity index (χ4n) is 2.65. The van der Waals surface area contributed by atoms with Crippen LogP contribution in [0.3, 0.4) is 0 Å². The molecule has 1 amide bonds. The van der Waals surface area contributed by atoms with E-state index in [0.717, 1.165) is 25.7 Å². The van der Waals surface area contributed by atoms with E-state index in [9.17, 15) is 9.59 Å². The maximum Gasteiger partial charge on any atom is 0.326 e. The smallest absolute Gasteiger partial charge is 0.326 e. The predicted molar refractivity (Wildman–Crippen MR) is 49.7 cm³/mol. The maximum absolute atomic E-state index is 11.7. The number of carbonyl (C=O) groups excluding carboxylic acids is 1. The Morgan fingerprint density at radius 1 is 1.36 bits per heavy atom. The zero-order valence-electron chi connectivity index (χ0n) is 8.08. The first-order chi connectivity index (χ1) is 6.64. The third kappa shape index (κ3) is 1.38. The first kappa shape index (κ1) is 9.49. The van der Waals surface area contributed by atoms with Crippen molar-refractivity contribution in [1.82, 2.24) is 5.32 Å². The molecule has 0 aromatic rings. The van der Waals surface area contributed by atoms with E-state index >= 15 is 0 Å². The molecule has 2 rings (SSSR count).